The molecule has 66 heavy (non-hydrogen) atoms. The lowest BCUT2D eigenvalue weighted by molar-refractivity contribution is 0.631. The molecule has 0 N–H and O–H groups in total. The fraction of sp³-hybridized carbons (Fsp3) is 0. The molecule has 0 unspecified atom stereocenters. The van der Waals surface area contributed by atoms with Crippen molar-refractivity contribution in [3.05, 3.63) is 261 Å². The number of benzene rings is 11. The molecule has 2 nitrogen and oxygen atoms in total. The second-order valence-electron chi connectivity index (χ2n) is 16.9. The molecule has 0 spiro atoms. The second-order valence-corrected chi connectivity index (χ2v) is 16.9. The first-order valence-electron chi connectivity index (χ1n) is 22.6. The van der Waals surface area contributed by atoms with E-state index in [2.05, 4.69) is 248 Å². The predicted molar refractivity (Wildman–Crippen MR) is 279 cm³/mol. The van der Waals surface area contributed by atoms with E-state index in [0.717, 1.165) is 72.7 Å². The van der Waals surface area contributed by atoms with Crippen LogP contribution in [0.15, 0.2) is 265 Å². The van der Waals surface area contributed by atoms with Gasteiger partial charge in [0.05, 0.1) is 5.69 Å². The fourth-order valence-corrected chi connectivity index (χ4v) is 9.44. The van der Waals surface area contributed by atoms with Crippen molar-refractivity contribution in [1.29, 1.82) is 0 Å². The van der Waals surface area contributed by atoms with Gasteiger partial charge in [-0.2, -0.15) is 0 Å². The summed E-state index contributed by atoms with van der Waals surface area (Å²) in [5.41, 5.74) is 17.0. The standard InChI is InChI=1S/C64H43NO/c1-2-11-44(12-3-1)45-25-27-51(28-26-45)61-18-7-8-19-62(61)65(58-38-33-49(34-39-58)53-35-40-60-54(41-53)30-29-50-13-4-6-17-59(50)60)57-36-31-47(32-37-57)46-21-23-48(24-22-46)52-15-10-16-55(42-52)64-43-56-14-5-9-20-63(56)66-64/h1-43H. The number of fused-ring (bicyclic) bond motifs is 4. The van der Waals surface area contributed by atoms with Crippen LogP contribution < -0.4 is 4.90 Å². The molecule has 0 aliphatic carbocycles. The van der Waals surface area contributed by atoms with Gasteiger partial charge in [0.1, 0.15) is 11.3 Å². The molecule has 12 aromatic rings. The van der Waals surface area contributed by atoms with Crippen LogP contribution >= 0.6 is 0 Å². The van der Waals surface area contributed by atoms with Crippen LogP contribution in [0.3, 0.4) is 0 Å². The Labute approximate surface area is 384 Å². The Balaban J connectivity index is 0.879. The number of nitrogens with zero attached hydrogens (tertiary/aromatic N) is 1. The van der Waals surface area contributed by atoms with Crippen molar-refractivity contribution in [2.75, 3.05) is 4.90 Å². The highest BCUT2D eigenvalue weighted by Crippen LogP contribution is 2.43. The third-order valence-corrected chi connectivity index (χ3v) is 12.9. The zero-order valence-electron chi connectivity index (χ0n) is 36.2. The number of para-hydroxylation sites is 2. The first kappa shape index (κ1) is 38.9. The molecular formula is C64H43NO. The highest BCUT2D eigenvalue weighted by molar-refractivity contribution is 6.08. The van der Waals surface area contributed by atoms with E-state index in [1.54, 1.807) is 0 Å². The molecule has 0 aliphatic rings. The van der Waals surface area contributed by atoms with E-state index in [0.29, 0.717) is 0 Å². The lowest BCUT2D eigenvalue weighted by Gasteiger charge is -2.28. The van der Waals surface area contributed by atoms with Gasteiger partial charge in [-0.1, -0.05) is 206 Å². The predicted octanol–water partition coefficient (Wildman–Crippen LogP) is 18.2. The Bertz CT molecular complexity index is 3630. The maximum Gasteiger partial charge on any atom is 0.135 e. The molecule has 12 rings (SSSR count). The van der Waals surface area contributed by atoms with Crippen LogP contribution in [-0.2, 0) is 0 Å². The molecule has 0 amide bonds. The van der Waals surface area contributed by atoms with Crippen molar-refractivity contribution >= 4 is 49.6 Å². The van der Waals surface area contributed by atoms with Crippen molar-refractivity contribution in [3.63, 3.8) is 0 Å². The van der Waals surface area contributed by atoms with Crippen LogP contribution in [0.1, 0.15) is 0 Å². The molecule has 0 bridgehead atoms. The average molecular weight is 842 g/mol. The van der Waals surface area contributed by atoms with Gasteiger partial charge < -0.3 is 9.32 Å². The first-order chi connectivity index (χ1) is 32.7. The van der Waals surface area contributed by atoms with Gasteiger partial charge in [0.25, 0.3) is 0 Å². The zero-order valence-corrected chi connectivity index (χ0v) is 36.2. The Morgan fingerprint density at radius 3 is 1.42 bits per heavy atom. The molecule has 310 valence electrons. The lowest BCUT2D eigenvalue weighted by Crippen LogP contribution is -2.11. The van der Waals surface area contributed by atoms with Crippen molar-refractivity contribution in [2.45, 2.75) is 0 Å². The van der Waals surface area contributed by atoms with Crippen LogP contribution in [-0.4, -0.2) is 0 Å². The summed E-state index contributed by atoms with van der Waals surface area (Å²) in [6.07, 6.45) is 0. The summed E-state index contributed by atoms with van der Waals surface area (Å²) in [4.78, 5) is 2.39. The maximum atomic E-state index is 6.20. The van der Waals surface area contributed by atoms with E-state index >= 15 is 0 Å². The molecule has 0 saturated carbocycles. The van der Waals surface area contributed by atoms with Gasteiger partial charge in [-0.25, -0.2) is 0 Å². The van der Waals surface area contributed by atoms with E-state index in [9.17, 15) is 0 Å². The zero-order chi connectivity index (χ0) is 43.8. The second kappa shape index (κ2) is 16.8. The monoisotopic (exact) mass is 841 g/mol. The number of hydrogen-bond donors (Lipinski definition) is 0. The number of rotatable bonds is 9. The third kappa shape index (κ3) is 7.41. The highest BCUT2D eigenvalue weighted by atomic mass is 16.3. The van der Waals surface area contributed by atoms with Gasteiger partial charge in [-0.05, 0) is 126 Å². The van der Waals surface area contributed by atoms with Crippen molar-refractivity contribution < 1.29 is 4.42 Å². The minimum absolute atomic E-state index is 0.877. The summed E-state index contributed by atoms with van der Waals surface area (Å²) in [5, 5.41) is 6.17. The lowest BCUT2D eigenvalue weighted by atomic mass is 9.96. The summed E-state index contributed by atoms with van der Waals surface area (Å²) in [7, 11) is 0. The maximum absolute atomic E-state index is 6.20. The Hall–Kier alpha value is -8.72. The van der Waals surface area contributed by atoms with Gasteiger partial charge in [0.2, 0.25) is 0 Å². The van der Waals surface area contributed by atoms with Gasteiger partial charge in [0.15, 0.2) is 0 Å². The van der Waals surface area contributed by atoms with Gasteiger partial charge in [-0.3, -0.25) is 0 Å². The van der Waals surface area contributed by atoms with E-state index < -0.39 is 0 Å². The summed E-state index contributed by atoms with van der Waals surface area (Å²) in [5.74, 6) is 0.877. The Kier molecular flexibility index (Phi) is 9.89. The fourth-order valence-electron chi connectivity index (χ4n) is 9.44. The molecule has 0 radical (unpaired) electrons. The van der Waals surface area contributed by atoms with Crippen LogP contribution in [0.25, 0.3) is 99.5 Å². The van der Waals surface area contributed by atoms with Gasteiger partial charge in [-0.15, -0.1) is 0 Å². The van der Waals surface area contributed by atoms with Crippen LogP contribution in [0, 0.1) is 0 Å². The van der Waals surface area contributed by atoms with Gasteiger partial charge >= 0.3 is 0 Å². The SMILES string of the molecule is c1ccc(-c2ccc(-c3ccccc3N(c3ccc(-c4ccc(-c5cccc(-c6cc7ccccc7o6)c5)cc4)cc3)c3ccc(-c4ccc5c(ccc6ccccc65)c4)cc3)cc2)cc1. The van der Waals surface area contributed by atoms with Crippen molar-refractivity contribution in [3.8, 4) is 67.0 Å². The number of furan rings is 1. The average Bonchev–Trinajstić information content (AvgIpc) is 3.84. The number of anilines is 3. The molecular weight excluding hydrogens is 799 g/mol. The van der Waals surface area contributed by atoms with Gasteiger partial charge in [0, 0.05) is 27.9 Å². The minimum Gasteiger partial charge on any atom is -0.456 e. The van der Waals surface area contributed by atoms with Crippen LogP contribution in [0.5, 0.6) is 0 Å². The Morgan fingerprint density at radius 1 is 0.258 bits per heavy atom. The molecule has 1 heterocycles. The molecule has 11 aromatic carbocycles. The van der Waals surface area contributed by atoms with Crippen LogP contribution in [0.2, 0.25) is 0 Å². The molecule has 0 fully saturated rings. The molecule has 2 heteroatoms. The summed E-state index contributed by atoms with van der Waals surface area (Å²) < 4.78 is 6.20. The Morgan fingerprint density at radius 2 is 0.727 bits per heavy atom. The molecule has 0 aliphatic heterocycles. The molecule has 0 atom stereocenters. The van der Waals surface area contributed by atoms with E-state index in [1.165, 1.54) is 43.8 Å². The minimum atomic E-state index is 0.877. The van der Waals surface area contributed by atoms with E-state index in [4.69, 9.17) is 4.42 Å². The third-order valence-electron chi connectivity index (χ3n) is 12.9. The van der Waals surface area contributed by atoms with E-state index in [-0.39, 0.29) is 0 Å². The molecule has 0 saturated heterocycles. The topological polar surface area (TPSA) is 16.4 Å². The quantitative estimate of drug-likeness (QED) is 0.135. The van der Waals surface area contributed by atoms with Crippen molar-refractivity contribution in [2.24, 2.45) is 0 Å². The number of hydrogen-bond acceptors (Lipinski definition) is 2. The largest absolute Gasteiger partial charge is 0.456 e. The van der Waals surface area contributed by atoms with Crippen LogP contribution in [0.4, 0.5) is 17.1 Å². The van der Waals surface area contributed by atoms with E-state index in [1.807, 2.05) is 18.2 Å². The normalized spacial score (nSPS) is 11.3. The first-order valence-corrected chi connectivity index (χ1v) is 22.6. The highest BCUT2D eigenvalue weighted by Gasteiger charge is 2.18. The summed E-state index contributed by atoms with van der Waals surface area (Å²) >= 11 is 0. The molecule has 1 aromatic heterocycles. The smallest absolute Gasteiger partial charge is 0.135 e. The summed E-state index contributed by atoms with van der Waals surface area (Å²) in [6, 6.07) is 93.9. The summed E-state index contributed by atoms with van der Waals surface area (Å²) in [6.45, 7) is 0. The van der Waals surface area contributed by atoms with Crippen molar-refractivity contribution in [1.82, 2.24) is 0 Å².